The van der Waals surface area contributed by atoms with Crippen molar-refractivity contribution < 1.29 is 13.2 Å². The van der Waals surface area contributed by atoms with Crippen molar-refractivity contribution in [2.24, 2.45) is 5.73 Å². The number of hydrogen-bond acceptors (Lipinski definition) is 2. The lowest BCUT2D eigenvalue weighted by Gasteiger charge is -2.30. The van der Waals surface area contributed by atoms with E-state index in [9.17, 15) is 13.2 Å². The maximum Gasteiger partial charge on any atom is 0.416 e. The van der Waals surface area contributed by atoms with Crippen molar-refractivity contribution in [3.63, 3.8) is 0 Å². The van der Waals surface area contributed by atoms with E-state index in [1.165, 1.54) is 17.7 Å². The van der Waals surface area contributed by atoms with Gasteiger partial charge in [0.15, 0.2) is 0 Å². The molecule has 0 atom stereocenters. The van der Waals surface area contributed by atoms with Gasteiger partial charge >= 0.3 is 6.18 Å². The fourth-order valence-corrected chi connectivity index (χ4v) is 3.07. The zero-order valence-corrected chi connectivity index (χ0v) is 13.4. The van der Waals surface area contributed by atoms with E-state index >= 15 is 0 Å². The molecule has 0 bridgehead atoms. The van der Waals surface area contributed by atoms with Crippen LogP contribution in [-0.2, 0) is 12.7 Å². The first kappa shape index (κ1) is 17.0. The van der Waals surface area contributed by atoms with Gasteiger partial charge < -0.3 is 5.73 Å². The van der Waals surface area contributed by atoms with Crippen LogP contribution < -0.4 is 5.73 Å². The zero-order chi connectivity index (χ0) is 17.2. The molecule has 2 nitrogen and oxygen atoms in total. The number of piperidine rings is 1. The molecule has 1 aliphatic heterocycles. The number of nitrogens with two attached hydrogens (primary N) is 1. The van der Waals surface area contributed by atoms with E-state index in [0.717, 1.165) is 55.7 Å². The van der Waals surface area contributed by atoms with Gasteiger partial charge in [0, 0.05) is 12.6 Å². The van der Waals surface area contributed by atoms with Gasteiger partial charge in [-0.3, -0.25) is 4.90 Å². The molecular weight excluding hydrogens is 313 g/mol. The lowest BCUT2D eigenvalue weighted by atomic mass is 10.0. The average molecular weight is 334 g/mol. The van der Waals surface area contributed by atoms with Crippen molar-refractivity contribution >= 4 is 0 Å². The molecule has 128 valence electrons. The van der Waals surface area contributed by atoms with E-state index in [-0.39, 0.29) is 0 Å². The van der Waals surface area contributed by atoms with Crippen LogP contribution in [0.4, 0.5) is 13.2 Å². The molecule has 0 aromatic heterocycles. The Morgan fingerprint density at radius 3 is 2.25 bits per heavy atom. The second-order valence-electron chi connectivity index (χ2n) is 6.39. The number of alkyl halides is 3. The molecule has 0 spiro atoms. The Bertz CT molecular complexity index is 672. The highest BCUT2D eigenvalue weighted by atomic mass is 19.4. The Morgan fingerprint density at radius 1 is 0.958 bits per heavy atom. The summed E-state index contributed by atoms with van der Waals surface area (Å²) in [6.45, 7) is 2.83. The van der Waals surface area contributed by atoms with Crippen LogP contribution in [0, 0.1) is 0 Å². The van der Waals surface area contributed by atoms with Crippen LogP contribution in [0.2, 0.25) is 0 Å². The van der Waals surface area contributed by atoms with Crippen molar-refractivity contribution in [3.8, 4) is 11.1 Å². The summed E-state index contributed by atoms with van der Waals surface area (Å²) in [7, 11) is 0. The van der Waals surface area contributed by atoms with E-state index in [2.05, 4.69) is 17.0 Å². The predicted octanol–water partition coefficient (Wildman–Crippen LogP) is 4.30. The SMILES string of the molecule is NC1CCN(Cc2cccc(-c3ccc(C(F)(F)F)cc3)c2)CC1. The molecule has 1 saturated heterocycles. The highest BCUT2D eigenvalue weighted by Gasteiger charge is 2.29. The Hall–Kier alpha value is -1.85. The second kappa shape index (κ2) is 6.95. The van der Waals surface area contributed by atoms with Crippen molar-refractivity contribution in [3.05, 3.63) is 59.7 Å². The molecule has 0 unspecified atom stereocenters. The van der Waals surface area contributed by atoms with Gasteiger partial charge in [-0.25, -0.2) is 0 Å². The van der Waals surface area contributed by atoms with Crippen LogP contribution in [0.25, 0.3) is 11.1 Å². The van der Waals surface area contributed by atoms with Crippen LogP contribution in [-0.4, -0.2) is 24.0 Å². The van der Waals surface area contributed by atoms with Crippen LogP contribution in [0.5, 0.6) is 0 Å². The summed E-state index contributed by atoms with van der Waals surface area (Å²) in [6, 6.07) is 13.6. The summed E-state index contributed by atoms with van der Waals surface area (Å²) in [4.78, 5) is 2.37. The maximum absolute atomic E-state index is 12.7. The number of nitrogens with zero attached hydrogens (tertiary/aromatic N) is 1. The monoisotopic (exact) mass is 334 g/mol. The average Bonchev–Trinajstić information content (AvgIpc) is 2.57. The Kier molecular flexibility index (Phi) is 4.92. The number of benzene rings is 2. The summed E-state index contributed by atoms with van der Waals surface area (Å²) in [5, 5.41) is 0. The molecule has 2 aromatic rings. The Balaban J connectivity index is 1.73. The van der Waals surface area contributed by atoms with Crippen LogP contribution in [0.15, 0.2) is 48.5 Å². The first-order chi connectivity index (χ1) is 11.4. The van der Waals surface area contributed by atoms with Gasteiger partial charge in [0.1, 0.15) is 0 Å². The molecule has 0 saturated carbocycles. The van der Waals surface area contributed by atoms with Crippen molar-refractivity contribution in [1.29, 1.82) is 0 Å². The molecule has 0 radical (unpaired) electrons. The minimum atomic E-state index is -4.30. The minimum Gasteiger partial charge on any atom is -0.328 e. The molecule has 5 heteroatoms. The largest absolute Gasteiger partial charge is 0.416 e. The smallest absolute Gasteiger partial charge is 0.328 e. The van der Waals surface area contributed by atoms with Crippen LogP contribution in [0.3, 0.4) is 0 Å². The van der Waals surface area contributed by atoms with Gasteiger partial charge in [0.25, 0.3) is 0 Å². The molecule has 0 amide bonds. The summed E-state index contributed by atoms with van der Waals surface area (Å²) in [5.41, 5.74) is 8.21. The lowest BCUT2D eigenvalue weighted by Crippen LogP contribution is -2.39. The standard InChI is InChI=1S/C19H21F3N2/c20-19(21,22)17-6-4-15(5-7-17)16-3-1-2-14(12-16)13-24-10-8-18(23)9-11-24/h1-7,12,18H,8-11,13,23H2. The number of rotatable bonds is 3. The van der Waals surface area contributed by atoms with Gasteiger partial charge in [0.2, 0.25) is 0 Å². The Labute approximate surface area is 140 Å². The third kappa shape index (κ3) is 4.16. The molecule has 1 fully saturated rings. The third-order valence-electron chi connectivity index (χ3n) is 4.51. The van der Waals surface area contributed by atoms with E-state index in [0.29, 0.717) is 6.04 Å². The van der Waals surface area contributed by atoms with E-state index in [1.807, 2.05) is 12.1 Å². The molecular formula is C19H21F3N2. The molecule has 24 heavy (non-hydrogen) atoms. The number of halogens is 3. The fourth-order valence-electron chi connectivity index (χ4n) is 3.07. The molecule has 2 aromatic carbocycles. The topological polar surface area (TPSA) is 29.3 Å². The zero-order valence-electron chi connectivity index (χ0n) is 13.4. The molecule has 2 N–H and O–H groups in total. The highest BCUT2D eigenvalue weighted by Crippen LogP contribution is 2.31. The molecule has 3 rings (SSSR count). The highest BCUT2D eigenvalue weighted by molar-refractivity contribution is 5.64. The van der Waals surface area contributed by atoms with Gasteiger partial charge in [-0.2, -0.15) is 13.2 Å². The first-order valence-corrected chi connectivity index (χ1v) is 8.16. The summed E-state index contributed by atoms with van der Waals surface area (Å²) >= 11 is 0. The second-order valence-corrected chi connectivity index (χ2v) is 6.39. The number of hydrogen-bond donors (Lipinski definition) is 1. The van der Waals surface area contributed by atoms with Gasteiger partial charge in [-0.1, -0.05) is 30.3 Å². The fraction of sp³-hybridized carbons (Fsp3) is 0.368. The Morgan fingerprint density at radius 2 is 1.62 bits per heavy atom. The number of likely N-dealkylation sites (tertiary alicyclic amines) is 1. The van der Waals surface area contributed by atoms with Crippen LogP contribution in [0.1, 0.15) is 24.0 Å². The van der Waals surface area contributed by atoms with E-state index in [1.54, 1.807) is 0 Å². The first-order valence-electron chi connectivity index (χ1n) is 8.16. The summed E-state index contributed by atoms with van der Waals surface area (Å²) in [5.74, 6) is 0. The molecule has 1 heterocycles. The molecule has 1 aliphatic rings. The van der Waals surface area contributed by atoms with Gasteiger partial charge in [-0.15, -0.1) is 0 Å². The van der Waals surface area contributed by atoms with Crippen molar-refractivity contribution in [1.82, 2.24) is 4.90 Å². The summed E-state index contributed by atoms with van der Waals surface area (Å²) in [6.07, 6.45) is -2.27. The van der Waals surface area contributed by atoms with Gasteiger partial charge in [-0.05, 0) is 60.8 Å². The minimum absolute atomic E-state index is 0.305. The predicted molar refractivity (Wildman–Crippen MR) is 89.4 cm³/mol. The van der Waals surface area contributed by atoms with Crippen molar-refractivity contribution in [2.75, 3.05) is 13.1 Å². The third-order valence-corrected chi connectivity index (χ3v) is 4.51. The quantitative estimate of drug-likeness (QED) is 0.907. The normalized spacial score (nSPS) is 17.2. The summed E-state index contributed by atoms with van der Waals surface area (Å²) < 4.78 is 38.0. The maximum atomic E-state index is 12.7. The van der Waals surface area contributed by atoms with E-state index in [4.69, 9.17) is 5.73 Å². The van der Waals surface area contributed by atoms with Crippen LogP contribution >= 0.6 is 0 Å². The van der Waals surface area contributed by atoms with E-state index < -0.39 is 11.7 Å². The molecule has 0 aliphatic carbocycles. The lowest BCUT2D eigenvalue weighted by molar-refractivity contribution is -0.137. The van der Waals surface area contributed by atoms with Crippen molar-refractivity contribution in [2.45, 2.75) is 31.6 Å². The van der Waals surface area contributed by atoms with Gasteiger partial charge in [0.05, 0.1) is 5.56 Å².